The predicted molar refractivity (Wildman–Crippen MR) is 64.0 cm³/mol. The van der Waals surface area contributed by atoms with Crippen molar-refractivity contribution >= 4 is 23.4 Å². The van der Waals surface area contributed by atoms with Gasteiger partial charge in [-0.05, 0) is 12.1 Å². The SMILES string of the molecule is NC(=O)c1onc(-c2ccc(Cl)cc2)c1C(N)=O. The highest BCUT2D eigenvalue weighted by Gasteiger charge is 2.25. The zero-order valence-corrected chi connectivity index (χ0v) is 9.77. The van der Waals surface area contributed by atoms with Crippen molar-refractivity contribution < 1.29 is 14.1 Å². The molecule has 1 heterocycles. The average molecular weight is 266 g/mol. The van der Waals surface area contributed by atoms with Gasteiger partial charge in [-0.25, -0.2) is 0 Å². The molecule has 0 saturated heterocycles. The van der Waals surface area contributed by atoms with E-state index in [0.717, 1.165) is 0 Å². The van der Waals surface area contributed by atoms with Gasteiger partial charge in [0.25, 0.3) is 11.8 Å². The molecule has 4 N–H and O–H groups in total. The number of rotatable bonds is 3. The van der Waals surface area contributed by atoms with Crippen LogP contribution in [0, 0.1) is 0 Å². The quantitative estimate of drug-likeness (QED) is 0.868. The number of nitrogens with zero attached hydrogens (tertiary/aromatic N) is 1. The van der Waals surface area contributed by atoms with E-state index in [-0.39, 0.29) is 17.0 Å². The molecule has 0 bridgehead atoms. The standard InChI is InChI=1S/C11H8ClN3O3/c12-6-3-1-5(2-4-6)8-7(10(13)16)9(11(14)17)18-15-8/h1-4H,(H2,13,16)(H2,14,17). The summed E-state index contributed by atoms with van der Waals surface area (Å²) in [5, 5.41) is 4.16. The lowest BCUT2D eigenvalue weighted by Crippen LogP contribution is -2.19. The Morgan fingerprint density at radius 3 is 2.22 bits per heavy atom. The second-order valence-corrected chi connectivity index (χ2v) is 3.91. The lowest BCUT2D eigenvalue weighted by Gasteiger charge is -1.99. The summed E-state index contributed by atoms with van der Waals surface area (Å²) in [6.45, 7) is 0. The molecule has 0 saturated carbocycles. The highest BCUT2D eigenvalue weighted by atomic mass is 35.5. The smallest absolute Gasteiger partial charge is 0.288 e. The summed E-state index contributed by atoms with van der Waals surface area (Å²) in [6, 6.07) is 6.47. The molecule has 0 unspecified atom stereocenters. The number of amides is 2. The monoisotopic (exact) mass is 265 g/mol. The highest BCUT2D eigenvalue weighted by Crippen LogP contribution is 2.26. The summed E-state index contributed by atoms with van der Waals surface area (Å²) in [7, 11) is 0. The van der Waals surface area contributed by atoms with Gasteiger partial charge in [0.05, 0.1) is 0 Å². The molecule has 0 aliphatic rings. The van der Waals surface area contributed by atoms with Crippen LogP contribution in [-0.4, -0.2) is 17.0 Å². The first-order valence-electron chi connectivity index (χ1n) is 4.86. The van der Waals surface area contributed by atoms with Crippen LogP contribution in [0.4, 0.5) is 0 Å². The number of carbonyl (C=O) groups excluding carboxylic acids is 2. The minimum Gasteiger partial charge on any atom is -0.365 e. The van der Waals surface area contributed by atoms with E-state index in [9.17, 15) is 9.59 Å². The maximum Gasteiger partial charge on any atom is 0.288 e. The highest BCUT2D eigenvalue weighted by molar-refractivity contribution is 6.30. The van der Waals surface area contributed by atoms with Crippen molar-refractivity contribution in [2.24, 2.45) is 11.5 Å². The minimum atomic E-state index is -0.906. The fourth-order valence-corrected chi connectivity index (χ4v) is 1.62. The molecule has 7 heteroatoms. The van der Waals surface area contributed by atoms with Crippen molar-refractivity contribution in [1.82, 2.24) is 5.16 Å². The van der Waals surface area contributed by atoms with Crippen LogP contribution in [0.25, 0.3) is 11.3 Å². The van der Waals surface area contributed by atoms with Crippen molar-refractivity contribution in [3.63, 3.8) is 0 Å². The largest absolute Gasteiger partial charge is 0.365 e. The van der Waals surface area contributed by atoms with Crippen molar-refractivity contribution in [1.29, 1.82) is 0 Å². The molecule has 1 aromatic carbocycles. The molecule has 2 amide bonds. The first kappa shape index (κ1) is 12.1. The Labute approximate surface area is 106 Å². The zero-order chi connectivity index (χ0) is 13.3. The summed E-state index contributed by atoms with van der Waals surface area (Å²) in [5.74, 6) is -2.10. The Hall–Kier alpha value is -2.34. The van der Waals surface area contributed by atoms with Gasteiger partial charge in [0, 0.05) is 10.6 Å². The predicted octanol–water partition coefficient (Wildman–Crippen LogP) is 1.19. The molecule has 6 nitrogen and oxygen atoms in total. The number of benzene rings is 1. The van der Waals surface area contributed by atoms with Crippen molar-refractivity contribution in [2.45, 2.75) is 0 Å². The third kappa shape index (κ3) is 2.05. The average Bonchev–Trinajstić information content (AvgIpc) is 2.74. The number of primary amides is 2. The van der Waals surface area contributed by atoms with Crippen LogP contribution in [-0.2, 0) is 0 Å². The Balaban J connectivity index is 2.61. The van der Waals surface area contributed by atoms with E-state index >= 15 is 0 Å². The number of carbonyl (C=O) groups is 2. The molecule has 2 aromatic rings. The van der Waals surface area contributed by atoms with Gasteiger partial charge < -0.3 is 16.0 Å². The molecule has 0 spiro atoms. The lowest BCUT2D eigenvalue weighted by molar-refractivity contribution is 0.0941. The third-order valence-electron chi connectivity index (χ3n) is 2.28. The van der Waals surface area contributed by atoms with E-state index in [0.29, 0.717) is 10.6 Å². The van der Waals surface area contributed by atoms with Crippen LogP contribution in [0.5, 0.6) is 0 Å². The molecular weight excluding hydrogens is 258 g/mol. The number of aromatic nitrogens is 1. The van der Waals surface area contributed by atoms with Crippen LogP contribution >= 0.6 is 11.6 Å². The summed E-state index contributed by atoms with van der Waals surface area (Å²) in [5.41, 5.74) is 10.8. The topological polar surface area (TPSA) is 112 Å². The van der Waals surface area contributed by atoms with Crippen LogP contribution in [0.2, 0.25) is 5.02 Å². The Kier molecular flexibility index (Phi) is 3.03. The van der Waals surface area contributed by atoms with Gasteiger partial charge in [0.1, 0.15) is 11.3 Å². The third-order valence-corrected chi connectivity index (χ3v) is 2.53. The maximum absolute atomic E-state index is 11.3. The van der Waals surface area contributed by atoms with E-state index < -0.39 is 11.8 Å². The van der Waals surface area contributed by atoms with Crippen LogP contribution < -0.4 is 11.5 Å². The number of hydrogen-bond acceptors (Lipinski definition) is 4. The Bertz CT molecular complexity index is 619. The molecule has 18 heavy (non-hydrogen) atoms. The molecular formula is C11H8ClN3O3. The first-order chi connectivity index (χ1) is 8.50. The molecule has 2 rings (SSSR count). The van der Waals surface area contributed by atoms with Gasteiger partial charge in [-0.2, -0.15) is 0 Å². The molecule has 92 valence electrons. The number of nitrogens with two attached hydrogens (primary N) is 2. The van der Waals surface area contributed by atoms with E-state index in [4.69, 9.17) is 27.6 Å². The molecule has 0 atom stereocenters. The number of hydrogen-bond donors (Lipinski definition) is 2. The van der Waals surface area contributed by atoms with E-state index in [1.54, 1.807) is 24.3 Å². The molecule has 1 aromatic heterocycles. The van der Waals surface area contributed by atoms with Crippen LogP contribution in [0.1, 0.15) is 20.9 Å². The van der Waals surface area contributed by atoms with Gasteiger partial charge in [-0.15, -0.1) is 0 Å². The second kappa shape index (κ2) is 4.50. The summed E-state index contributed by atoms with van der Waals surface area (Å²) < 4.78 is 4.74. The lowest BCUT2D eigenvalue weighted by atomic mass is 10.1. The van der Waals surface area contributed by atoms with Gasteiger partial charge in [0.15, 0.2) is 0 Å². The van der Waals surface area contributed by atoms with Crippen LogP contribution in [0.3, 0.4) is 0 Å². The Morgan fingerprint density at radius 2 is 1.72 bits per heavy atom. The molecule has 0 radical (unpaired) electrons. The Morgan fingerprint density at radius 1 is 1.11 bits per heavy atom. The summed E-state index contributed by atoms with van der Waals surface area (Å²) in [6.07, 6.45) is 0. The minimum absolute atomic E-state index is 0.134. The normalized spacial score (nSPS) is 10.3. The zero-order valence-electron chi connectivity index (χ0n) is 9.01. The van der Waals surface area contributed by atoms with Crippen molar-refractivity contribution in [2.75, 3.05) is 0 Å². The van der Waals surface area contributed by atoms with E-state index in [1.165, 1.54) is 0 Å². The van der Waals surface area contributed by atoms with Gasteiger partial charge in [-0.1, -0.05) is 28.9 Å². The summed E-state index contributed by atoms with van der Waals surface area (Å²) >= 11 is 5.75. The van der Waals surface area contributed by atoms with Gasteiger partial charge >= 0.3 is 0 Å². The van der Waals surface area contributed by atoms with E-state index in [1.807, 2.05) is 0 Å². The van der Waals surface area contributed by atoms with E-state index in [2.05, 4.69) is 5.16 Å². The first-order valence-corrected chi connectivity index (χ1v) is 5.23. The second-order valence-electron chi connectivity index (χ2n) is 3.47. The van der Waals surface area contributed by atoms with Crippen molar-refractivity contribution in [3.05, 3.63) is 40.6 Å². The maximum atomic E-state index is 11.3. The number of halogens is 1. The molecule has 0 aliphatic carbocycles. The van der Waals surface area contributed by atoms with Gasteiger partial charge in [-0.3, -0.25) is 9.59 Å². The molecule has 0 fully saturated rings. The summed E-state index contributed by atoms with van der Waals surface area (Å²) in [4.78, 5) is 22.4. The molecule has 0 aliphatic heterocycles. The van der Waals surface area contributed by atoms with Crippen LogP contribution in [0.15, 0.2) is 28.8 Å². The fraction of sp³-hybridized carbons (Fsp3) is 0. The van der Waals surface area contributed by atoms with Crippen molar-refractivity contribution in [3.8, 4) is 11.3 Å². The van der Waals surface area contributed by atoms with Gasteiger partial charge in [0.2, 0.25) is 5.76 Å². The fourth-order valence-electron chi connectivity index (χ4n) is 1.49.